The van der Waals surface area contributed by atoms with Crippen LogP contribution in [0.25, 0.3) is 0 Å². The number of hydrogen-bond donors (Lipinski definition) is 2. The highest BCUT2D eigenvalue weighted by Gasteiger charge is 2.29. The first-order chi connectivity index (χ1) is 10.0. The fourth-order valence-corrected chi connectivity index (χ4v) is 2.42. The summed E-state index contributed by atoms with van der Waals surface area (Å²) in [6.45, 7) is 9.43. The van der Waals surface area contributed by atoms with E-state index in [1.165, 1.54) is 0 Å². The molecule has 0 atom stereocenters. The summed E-state index contributed by atoms with van der Waals surface area (Å²) in [4.78, 5) is 9.38. The minimum atomic E-state index is 0.321. The van der Waals surface area contributed by atoms with E-state index >= 15 is 0 Å². The van der Waals surface area contributed by atoms with Crippen LogP contribution in [0, 0.1) is 6.92 Å². The van der Waals surface area contributed by atoms with Crippen molar-refractivity contribution in [2.75, 3.05) is 24.3 Å². The summed E-state index contributed by atoms with van der Waals surface area (Å²) in [5.41, 5.74) is 1.11. The molecule has 118 valence electrons. The number of nitrogens with zero attached hydrogens (tertiary/aromatic N) is 2. The van der Waals surface area contributed by atoms with Crippen molar-refractivity contribution in [1.29, 1.82) is 0 Å². The fourth-order valence-electron chi connectivity index (χ4n) is 2.42. The van der Waals surface area contributed by atoms with Gasteiger partial charge in [0, 0.05) is 31.2 Å². The van der Waals surface area contributed by atoms with E-state index in [0.29, 0.717) is 18.1 Å². The Hall–Kier alpha value is -1.36. The van der Waals surface area contributed by atoms with Crippen molar-refractivity contribution in [3.63, 3.8) is 0 Å². The van der Waals surface area contributed by atoms with Gasteiger partial charge >= 0.3 is 0 Å². The van der Waals surface area contributed by atoms with Crippen LogP contribution >= 0.6 is 0 Å². The molecule has 21 heavy (non-hydrogen) atoms. The summed E-state index contributed by atoms with van der Waals surface area (Å²) in [6, 6.07) is 0.461. The van der Waals surface area contributed by atoms with Gasteiger partial charge < -0.3 is 15.4 Å². The van der Waals surface area contributed by atoms with Gasteiger partial charge in [0.15, 0.2) is 0 Å². The zero-order valence-electron chi connectivity index (χ0n) is 13.9. The second-order valence-electron chi connectivity index (χ2n) is 6.16. The van der Waals surface area contributed by atoms with Crippen LogP contribution < -0.4 is 10.6 Å². The van der Waals surface area contributed by atoms with Crippen LogP contribution in [0.3, 0.4) is 0 Å². The van der Waals surface area contributed by atoms with Crippen molar-refractivity contribution in [1.82, 2.24) is 9.97 Å². The molecule has 2 N–H and O–H groups in total. The van der Waals surface area contributed by atoms with Crippen molar-refractivity contribution in [3.8, 4) is 0 Å². The monoisotopic (exact) mass is 292 g/mol. The molecule has 0 bridgehead atoms. The van der Waals surface area contributed by atoms with E-state index in [1.807, 2.05) is 0 Å². The Morgan fingerprint density at radius 3 is 2.48 bits per heavy atom. The van der Waals surface area contributed by atoms with Crippen molar-refractivity contribution in [2.45, 2.75) is 65.0 Å². The van der Waals surface area contributed by atoms with Crippen LogP contribution in [0.5, 0.6) is 0 Å². The van der Waals surface area contributed by atoms with Gasteiger partial charge in [0.05, 0.1) is 6.10 Å². The minimum Gasteiger partial charge on any atom is -0.381 e. The molecule has 0 radical (unpaired) electrons. The molecule has 5 nitrogen and oxygen atoms in total. The van der Waals surface area contributed by atoms with Crippen LogP contribution in [-0.4, -0.2) is 35.8 Å². The lowest BCUT2D eigenvalue weighted by atomic mass is 9.89. The first-order valence-corrected chi connectivity index (χ1v) is 7.96. The van der Waals surface area contributed by atoms with Crippen molar-refractivity contribution >= 4 is 11.6 Å². The maximum Gasteiger partial charge on any atom is 0.135 e. The van der Waals surface area contributed by atoms with Gasteiger partial charge in [-0.15, -0.1) is 0 Å². The van der Waals surface area contributed by atoms with Crippen molar-refractivity contribution < 1.29 is 4.74 Å². The standard InChI is InChI=1S/C16H28N4O/c1-6-7-17-15-11(4)16(20-14(19-15)10(2)3)18-12-8-13(9-12)21-5/h10,12-13H,6-9H2,1-5H3,(H2,17,18,19,20). The smallest absolute Gasteiger partial charge is 0.135 e. The van der Waals surface area contributed by atoms with Crippen LogP contribution in [-0.2, 0) is 4.74 Å². The Morgan fingerprint density at radius 1 is 1.24 bits per heavy atom. The number of hydrogen-bond acceptors (Lipinski definition) is 5. The minimum absolute atomic E-state index is 0.321. The molecular weight excluding hydrogens is 264 g/mol. The third-order valence-electron chi connectivity index (χ3n) is 3.99. The van der Waals surface area contributed by atoms with Crippen molar-refractivity contribution in [2.24, 2.45) is 0 Å². The number of aromatic nitrogens is 2. The summed E-state index contributed by atoms with van der Waals surface area (Å²) >= 11 is 0. The average Bonchev–Trinajstić information content (AvgIpc) is 2.42. The Kier molecular flexibility index (Phi) is 5.39. The maximum absolute atomic E-state index is 5.34. The van der Waals surface area contributed by atoms with Gasteiger partial charge in [0.25, 0.3) is 0 Å². The molecule has 1 heterocycles. The number of methoxy groups -OCH3 is 1. The van der Waals surface area contributed by atoms with E-state index in [2.05, 4.69) is 43.3 Å². The summed E-state index contributed by atoms with van der Waals surface area (Å²) in [6.07, 6.45) is 3.58. The fraction of sp³-hybridized carbons (Fsp3) is 0.750. The maximum atomic E-state index is 5.34. The van der Waals surface area contributed by atoms with E-state index in [0.717, 1.165) is 48.8 Å². The predicted molar refractivity (Wildman–Crippen MR) is 87.1 cm³/mol. The first kappa shape index (κ1) is 16.0. The number of nitrogens with one attached hydrogen (secondary N) is 2. The third kappa shape index (κ3) is 3.84. The molecule has 0 aromatic carbocycles. The molecule has 0 spiro atoms. The molecule has 1 aliphatic rings. The largest absolute Gasteiger partial charge is 0.381 e. The number of anilines is 2. The molecule has 0 aliphatic heterocycles. The lowest BCUT2D eigenvalue weighted by molar-refractivity contribution is 0.0327. The highest BCUT2D eigenvalue weighted by atomic mass is 16.5. The summed E-state index contributed by atoms with van der Waals surface area (Å²) < 4.78 is 5.34. The lowest BCUT2D eigenvalue weighted by Gasteiger charge is -2.35. The highest BCUT2D eigenvalue weighted by Crippen LogP contribution is 2.29. The molecule has 1 fully saturated rings. The number of ether oxygens (including phenoxy) is 1. The normalized spacial score (nSPS) is 21.2. The van der Waals surface area contributed by atoms with Crippen LogP contribution in [0.4, 0.5) is 11.6 Å². The second-order valence-corrected chi connectivity index (χ2v) is 6.16. The molecular formula is C16H28N4O. The van der Waals surface area contributed by atoms with E-state index in [-0.39, 0.29) is 0 Å². The molecule has 1 aromatic rings. The Balaban J connectivity index is 2.16. The van der Waals surface area contributed by atoms with Gasteiger partial charge in [-0.2, -0.15) is 0 Å². The van der Waals surface area contributed by atoms with Gasteiger partial charge in [-0.3, -0.25) is 0 Å². The Labute approximate surface area is 127 Å². The molecule has 2 rings (SSSR count). The SMILES string of the molecule is CCCNc1nc(C(C)C)nc(NC2CC(OC)C2)c1C. The second kappa shape index (κ2) is 7.07. The van der Waals surface area contributed by atoms with Crippen molar-refractivity contribution in [3.05, 3.63) is 11.4 Å². The first-order valence-electron chi connectivity index (χ1n) is 7.96. The summed E-state index contributed by atoms with van der Waals surface area (Å²) in [5, 5.41) is 6.96. The molecule has 1 aromatic heterocycles. The van der Waals surface area contributed by atoms with Gasteiger partial charge in [-0.25, -0.2) is 9.97 Å². The summed E-state index contributed by atoms with van der Waals surface area (Å²) in [5.74, 6) is 3.14. The van der Waals surface area contributed by atoms with E-state index in [4.69, 9.17) is 9.72 Å². The van der Waals surface area contributed by atoms with E-state index < -0.39 is 0 Å². The molecule has 0 unspecified atom stereocenters. The zero-order chi connectivity index (χ0) is 15.4. The van der Waals surface area contributed by atoms with E-state index in [1.54, 1.807) is 7.11 Å². The van der Waals surface area contributed by atoms with Gasteiger partial charge in [0.1, 0.15) is 17.5 Å². The molecule has 1 saturated carbocycles. The Morgan fingerprint density at radius 2 is 1.90 bits per heavy atom. The molecule has 0 saturated heterocycles. The van der Waals surface area contributed by atoms with Gasteiger partial charge in [-0.05, 0) is 26.2 Å². The topological polar surface area (TPSA) is 59.1 Å². The molecule has 5 heteroatoms. The van der Waals surface area contributed by atoms with Crippen LogP contribution in [0.1, 0.15) is 57.3 Å². The van der Waals surface area contributed by atoms with Gasteiger partial charge in [0.2, 0.25) is 0 Å². The van der Waals surface area contributed by atoms with Gasteiger partial charge in [-0.1, -0.05) is 20.8 Å². The molecule has 0 amide bonds. The third-order valence-corrected chi connectivity index (χ3v) is 3.99. The Bertz CT molecular complexity index is 470. The zero-order valence-corrected chi connectivity index (χ0v) is 13.9. The quantitative estimate of drug-likeness (QED) is 0.807. The molecule has 1 aliphatic carbocycles. The van der Waals surface area contributed by atoms with E-state index in [9.17, 15) is 0 Å². The van der Waals surface area contributed by atoms with Crippen LogP contribution in [0.2, 0.25) is 0 Å². The van der Waals surface area contributed by atoms with Crippen LogP contribution in [0.15, 0.2) is 0 Å². The lowest BCUT2D eigenvalue weighted by Crippen LogP contribution is -2.40. The predicted octanol–water partition coefficient (Wildman–Crippen LogP) is 3.32. The summed E-state index contributed by atoms with van der Waals surface area (Å²) in [7, 11) is 1.78. The average molecular weight is 292 g/mol. The number of rotatable bonds is 7. The highest BCUT2D eigenvalue weighted by molar-refractivity contribution is 5.58.